The van der Waals surface area contributed by atoms with Crippen LogP contribution >= 0.6 is 0 Å². The molecule has 1 fully saturated rings. The number of likely N-dealkylation sites (tertiary alicyclic amines) is 1. The molecular formula is C14H21N5O2. The van der Waals surface area contributed by atoms with Crippen molar-refractivity contribution in [2.45, 2.75) is 44.9 Å². The second-order valence-electron chi connectivity index (χ2n) is 5.43. The predicted molar refractivity (Wildman–Crippen MR) is 75.5 cm³/mol. The van der Waals surface area contributed by atoms with E-state index in [9.17, 15) is 5.11 Å². The smallest absolute Gasteiger partial charge is 0.226 e. The molecular weight excluding hydrogens is 270 g/mol. The van der Waals surface area contributed by atoms with Crippen molar-refractivity contribution in [3.05, 3.63) is 30.2 Å². The number of rotatable bonds is 6. The normalized spacial score (nSPS) is 21.0. The minimum atomic E-state index is -0.456. The number of β-amino-alcohol motifs (C(OH)–C–C–N with tert-alkyl or cyclic N) is 1. The fourth-order valence-corrected chi connectivity index (χ4v) is 2.84. The SMILES string of the molecule is CCc1nc([C@H]2CCCN2C[C@H](O)Cn2cccn2)no1. The van der Waals surface area contributed by atoms with E-state index in [0.717, 1.165) is 31.6 Å². The van der Waals surface area contributed by atoms with Crippen LogP contribution in [0.25, 0.3) is 0 Å². The van der Waals surface area contributed by atoms with Gasteiger partial charge in [-0.05, 0) is 25.5 Å². The highest BCUT2D eigenvalue weighted by molar-refractivity contribution is 4.98. The third-order valence-corrected chi connectivity index (χ3v) is 3.85. The van der Waals surface area contributed by atoms with Crippen molar-refractivity contribution in [2.75, 3.05) is 13.1 Å². The second-order valence-corrected chi connectivity index (χ2v) is 5.43. The maximum absolute atomic E-state index is 10.2. The van der Waals surface area contributed by atoms with Gasteiger partial charge in [-0.25, -0.2) is 0 Å². The Morgan fingerprint density at radius 1 is 1.48 bits per heavy atom. The summed E-state index contributed by atoms with van der Waals surface area (Å²) in [5.41, 5.74) is 0. The van der Waals surface area contributed by atoms with Gasteiger partial charge < -0.3 is 9.63 Å². The van der Waals surface area contributed by atoms with Gasteiger partial charge in [0.2, 0.25) is 5.89 Å². The van der Waals surface area contributed by atoms with E-state index in [4.69, 9.17) is 4.52 Å². The number of nitrogens with zero attached hydrogens (tertiary/aromatic N) is 5. The Morgan fingerprint density at radius 3 is 3.10 bits per heavy atom. The van der Waals surface area contributed by atoms with Crippen LogP contribution in [0.3, 0.4) is 0 Å². The van der Waals surface area contributed by atoms with Crippen molar-refractivity contribution in [1.29, 1.82) is 0 Å². The van der Waals surface area contributed by atoms with Gasteiger partial charge in [0, 0.05) is 25.4 Å². The average molecular weight is 291 g/mol. The molecule has 0 aliphatic carbocycles. The molecule has 0 amide bonds. The van der Waals surface area contributed by atoms with Crippen molar-refractivity contribution >= 4 is 0 Å². The average Bonchev–Trinajstić information content (AvgIpc) is 3.18. The van der Waals surface area contributed by atoms with E-state index in [1.165, 1.54) is 0 Å². The van der Waals surface area contributed by atoms with Gasteiger partial charge in [-0.3, -0.25) is 9.58 Å². The first-order valence-electron chi connectivity index (χ1n) is 7.48. The molecule has 2 aromatic heterocycles. The molecule has 7 heteroatoms. The lowest BCUT2D eigenvalue weighted by Gasteiger charge is -2.24. The summed E-state index contributed by atoms with van der Waals surface area (Å²) < 4.78 is 6.95. The van der Waals surface area contributed by atoms with Crippen molar-refractivity contribution in [1.82, 2.24) is 24.8 Å². The molecule has 2 atom stereocenters. The summed E-state index contributed by atoms with van der Waals surface area (Å²) in [4.78, 5) is 6.66. The second kappa shape index (κ2) is 6.36. The van der Waals surface area contributed by atoms with E-state index in [2.05, 4.69) is 20.1 Å². The van der Waals surface area contributed by atoms with Crippen molar-refractivity contribution in [3.63, 3.8) is 0 Å². The van der Waals surface area contributed by atoms with E-state index in [1.807, 2.05) is 19.2 Å². The Hall–Kier alpha value is -1.73. The quantitative estimate of drug-likeness (QED) is 0.856. The Bertz CT molecular complexity index is 553. The van der Waals surface area contributed by atoms with Crippen LogP contribution in [0.2, 0.25) is 0 Å². The minimum Gasteiger partial charge on any atom is -0.390 e. The largest absolute Gasteiger partial charge is 0.390 e. The summed E-state index contributed by atoms with van der Waals surface area (Å²) >= 11 is 0. The molecule has 0 unspecified atom stereocenters. The summed E-state index contributed by atoms with van der Waals surface area (Å²) in [5.74, 6) is 1.42. The third-order valence-electron chi connectivity index (χ3n) is 3.85. The maximum atomic E-state index is 10.2. The molecule has 7 nitrogen and oxygen atoms in total. The van der Waals surface area contributed by atoms with Crippen LogP contribution in [0.5, 0.6) is 0 Å². The number of aryl methyl sites for hydroxylation is 1. The Balaban J connectivity index is 1.61. The molecule has 0 aromatic carbocycles. The number of hydrogen-bond donors (Lipinski definition) is 1. The predicted octanol–water partition coefficient (Wildman–Crippen LogP) is 1.03. The van der Waals surface area contributed by atoms with Gasteiger partial charge in [-0.15, -0.1) is 0 Å². The number of aliphatic hydroxyl groups excluding tert-OH is 1. The number of aliphatic hydroxyl groups is 1. The lowest BCUT2D eigenvalue weighted by Crippen LogP contribution is -2.34. The Labute approximate surface area is 123 Å². The van der Waals surface area contributed by atoms with Crippen LogP contribution in [0.15, 0.2) is 23.0 Å². The molecule has 0 bridgehead atoms. The van der Waals surface area contributed by atoms with Crippen LogP contribution in [0.4, 0.5) is 0 Å². The molecule has 1 saturated heterocycles. The molecule has 2 aromatic rings. The van der Waals surface area contributed by atoms with E-state index < -0.39 is 6.10 Å². The van der Waals surface area contributed by atoms with Crippen molar-refractivity contribution < 1.29 is 9.63 Å². The van der Waals surface area contributed by atoms with Crippen molar-refractivity contribution in [2.24, 2.45) is 0 Å². The molecule has 1 aliphatic heterocycles. The lowest BCUT2D eigenvalue weighted by molar-refractivity contribution is 0.0869. The van der Waals surface area contributed by atoms with Gasteiger partial charge in [0.05, 0.1) is 18.7 Å². The van der Waals surface area contributed by atoms with Crippen LogP contribution in [0, 0.1) is 0 Å². The summed E-state index contributed by atoms with van der Waals surface area (Å²) in [6.07, 6.45) is 5.98. The van der Waals surface area contributed by atoms with Crippen LogP contribution in [-0.4, -0.2) is 49.1 Å². The van der Waals surface area contributed by atoms with Crippen LogP contribution in [0.1, 0.15) is 37.5 Å². The van der Waals surface area contributed by atoms with E-state index >= 15 is 0 Å². The van der Waals surface area contributed by atoms with Gasteiger partial charge in [0.1, 0.15) is 0 Å². The van der Waals surface area contributed by atoms with Crippen molar-refractivity contribution in [3.8, 4) is 0 Å². The first kappa shape index (κ1) is 14.2. The zero-order valence-electron chi connectivity index (χ0n) is 12.2. The molecule has 1 aliphatic rings. The highest BCUT2D eigenvalue weighted by Crippen LogP contribution is 2.30. The molecule has 0 spiro atoms. The van der Waals surface area contributed by atoms with E-state index in [0.29, 0.717) is 19.0 Å². The number of aromatic nitrogens is 4. The Kier molecular flexibility index (Phi) is 4.31. The molecule has 0 saturated carbocycles. The van der Waals surface area contributed by atoms with Gasteiger partial charge >= 0.3 is 0 Å². The summed E-state index contributed by atoms with van der Waals surface area (Å²) in [6.45, 7) is 4.05. The molecule has 114 valence electrons. The monoisotopic (exact) mass is 291 g/mol. The Morgan fingerprint density at radius 2 is 2.38 bits per heavy atom. The van der Waals surface area contributed by atoms with Crippen LogP contribution < -0.4 is 0 Å². The lowest BCUT2D eigenvalue weighted by atomic mass is 10.2. The molecule has 0 radical (unpaired) electrons. The fourth-order valence-electron chi connectivity index (χ4n) is 2.84. The maximum Gasteiger partial charge on any atom is 0.226 e. The zero-order valence-corrected chi connectivity index (χ0v) is 12.2. The van der Waals surface area contributed by atoms with Gasteiger partial charge in [-0.2, -0.15) is 10.1 Å². The molecule has 3 rings (SSSR count). The standard InChI is InChI=1S/C14H21N5O2/c1-2-13-16-14(17-21-13)12-5-3-7-18(12)9-11(20)10-19-8-4-6-15-19/h4,6,8,11-12,20H,2-3,5,7,9-10H2,1H3/t11-,12+/m0/s1. The fraction of sp³-hybridized carbons (Fsp3) is 0.643. The van der Waals surface area contributed by atoms with E-state index in [-0.39, 0.29) is 6.04 Å². The summed E-state index contributed by atoms with van der Waals surface area (Å²) in [7, 11) is 0. The number of hydrogen-bond acceptors (Lipinski definition) is 6. The molecule has 21 heavy (non-hydrogen) atoms. The third kappa shape index (κ3) is 3.30. The summed E-state index contributed by atoms with van der Waals surface area (Å²) in [6, 6.07) is 2.01. The molecule has 1 N–H and O–H groups in total. The van der Waals surface area contributed by atoms with E-state index in [1.54, 1.807) is 10.9 Å². The highest BCUT2D eigenvalue weighted by Gasteiger charge is 2.31. The first-order chi connectivity index (χ1) is 10.3. The first-order valence-corrected chi connectivity index (χ1v) is 7.48. The summed E-state index contributed by atoms with van der Waals surface area (Å²) in [5, 5.41) is 18.4. The zero-order chi connectivity index (χ0) is 14.7. The van der Waals surface area contributed by atoms with Crippen LogP contribution in [-0.2, 0) is 13.0 Å². The van der Waals surface area contributed by atoms with Gasteiger partial charge in [-0.1, -0.05) is 12.1 Å². The highest BCUT2D eigenvalue weighted by atomic mass is 16.5. The molecule has 3 heterocycles. The van der Waals surface area contributed by atoms with Gasteiger partial charge in [0.15, 0.2) is 5.82 Å². The topological polar surface area (TPSA) is 80.2 Å². The van der Waals surface area contributed by atoms with Gasteiger partial charge in [0.25, 0.3) is 0 Å². The minimum absolute atomic E-state index is 0.154.